The smallest absolute Gasteiger partial charge is 0.269 e. The lowest BCUT2D eigenvalue weighted by molar-refractivity contribution is 0.639. The summed E-state index contributed by atoms with van der Waals surface area (Å²) in [5.74, 6) is 0. The second-order valence-corrected chi connectivity index (χ2v) is 4.97. The van der Waals surface area contributed by atoms with Gasteiger partial charge in [-0.3, -0.25) is 4.79 Å². The van der Waals surface area contributed by atoms with E-state index in [0.717, 1.165) is 24.1 Å². The fourth-order valence-corrected chi connectivity index (χ4v) is 2.01. The molecule has 5 heteroatoms. The average Bonchev–Trinajstić information content (AvgIpc) is 3.26. The van der Waals surface area contributed by atoms with Crippen molar-refractivity contribution >= 4 is 5.69 Å². The van der Waals surface area contributed by atoms with Crippen LogP contribution in [0.2, 0.25) is 0 Å². The van der Waals surface area contributed by atoms with Crippen LogP contribution in [0.1, 0.15) is 24.0 Å². The molecule has 0 atom stereocenters. The Kier molecular flexibility index (Phi) is 3.21. The van der Waals surface area contributed by atoms with Gasteiger partial charge in [0.2, 0.25) is 0 Å². The first-order chi connectivity index (χ1) is 9.74. The van der Waals surface area contributed by atoms with Crippen LogP contribution < -0.4 is 10.9 Å². The van der Waals surface area contributed by atoms with Crippen LogP contribution in [0, 0.1) is 11.3 Å². The molecular weight excluding hydrogens is 252 g/mol. The molecule has 2 aromatic rings. The Morgan fingerprint density at radius 1 is 1.40 bits per heavy atom. The summed E-state index contributed by atoms with van der Waals surface area (Å²) in [6.45, 7) is 0.373. The minimum absolute atomic E-state index is 0.141. The fraction of sp³-hybridized carbons (Fsp3) is 0.267. The van der Waals surface area contributed by atoms with E-state index >= 15 is 0 Å². The minimum atomic E-state index is -0.141. The molecule has 1 fully saturated rings. The zero-order chi connectivity index (χ0) is 13.9. The molecule has 0 bridgehead atoms. The van der Waals surface area contributed by atoms with Crippen LogP contribution in [-0.4, -0.2) is 15.8 Å². The molecule has 1 N–H and O–H groups in total. The van der Waals surface area contributed by atoms with Gasteiger partial charge in [0, 0.05) is 12.1 Å². The number of nitriles is 1. The van der Waals surface area contributed by atoms with Gasteiger partial charge in [-0.25, -0.2) is 4.68 Å². The molecule has 0 spiro atoms. The van der Waals surface area contributed by atoms with Crippen molar-refractivity contribution in [2.24, 2.45) is 0 Å². The molecular formula is C15H14N4O. The molecule has 1 aromatic heterocycles. The van der Waals surface area contributed by atoms with Crippen LogP contribution in [0.15, 0.2) is 41.3 Å². The van der Waals surface area contributed by atoms with Crippen molar-refractivity contribution in [3.63, 3.8) is 0 Å². The molecule has 0 radical (unpaired) electrons. The summed E-state index contributed by atoms with van der Waals surface area (Å²) in [4.78, 5) is 12.0. The van der Waals surface area contributed by atoms with E-state index in [4.69, 9.17) is 5.26 Å². The first kappa shape index (κ1) is 12.4. The number of rotatable bonds is 4. The molecule has 0 saturated heterocycles. The fourth-order valence-electron chi connectivity index (χ4n) is 2.01. The molecule has 0 amide bonds. The summed E-state index contributed by atoms with van der Waals surface area (Å²) in [5, 5.41) is 16.3. The van der Waals surface area contributed by atoms with Gasteiger partial charge in [-0.15, -0.1) is 0 Å². The Balaban J connectivity index is 1.79. The predicted molar refractivity (Wildman–Crippen MR) is 75.4 cm³/mol. The van der Waals surface area contributed by atoms with E-state index in [1.54, 1.807) is 24.4 Å². The summed E-state index contributed by atoms with van der Waals surface area (Å²) in [5.41, 5.74) is 2.11. The van der Waals surface area contributed by atoms with Gasteiger partial charge >= 0.3 is 0 Å². The van der Waals surface area contributed by atoms with E-state index in [9.17, 15) is 4.79 Å². The predicted octanol–water partition coefficient (Wildman–Crippen LogP) is 1.74. The highest BCUT2D eigenvalue weighted by Gasteiger charge is 2.21. The third-order valence-corrected chi connectivity index (χ3v) is 3.21. The molecule has 100 valence electrons. The minimum Gasteiger partial charge on any atom is -0.381 e. The highest BCUT2D eigenvalue weighted by Crippen LogP contribution is 2.23. The van der Waals surface area contributed by atoms with Crippen molar-refractivity contribution in [3.05, 3.63) is 58.0 Å². The Hall–Kier alpha value is -2.61. The van der Waals surface area contributed by atoms with Gasteiger partial charge in [0.1, 0.15) is 0 Å². The maximum Gasteiger partial charge on any atom is 0.269 e. The number of nitrogens with one attached hydrogen (secondary N) is 1. The maximum atomic E-state index is 12.0. The topological polar surface area (TPSA) is 70.7 Å². The van der Waals surface area contributed by atoms with E-state index < -0.39 is 0 Å². The summed E-state index contributed by atoms with van der Waals surface area (Å²) < 4.78 is 1.40. The van der Waals surface area contributed by atoms with Crippen molar-refractivity contribution in [1.29, 1.82) is 5.26 Å². The third kappa shape index (κ3) is 2.86. The maximum absolute atomic E-state index is 12.0. The third-order valence-electron chi connectivity index (χ3n) is 3.21. The zero-order valence-corrected chi connectivity index (χ0v) is 10.9. The Bertz CT molecular complexity index is 725. The summed E-state index contributed by atoms with van der Waals surface area (Å²) in [6, 6.07) is 11.4. The van der Waals surface area contributed by atoms with Crippen LogP contribution in [0.3, 0.4) is 0 Å². The molecule has 1 heterocycles. The molecule has 5 nitrogen and oxygen atoms in total. The van der Waals surface area contributed by atoms with Crippen LogP contribution in [0.25, 0.3) is 0 Å². The number of nitrogens with zero attached hydrogens (tertiary/aromatic N) is 3. The number of benzene rings is 1. The molecule has 0 unspecified atom stereocenters. The van der Waals surface area contributed by atoms with Crippen molar-refractivity contribution in [3.8, 4) is 6.07 Å². The zero-order valence-electron chi connectivity index (χ0n) is 10.9. The highest BCUT2D eigenvalue weighted by atomic mass is 16.1. The number of hydrogen-bond acceptors (Lipinski definition) is 4. The largest absolute Gasteiger partial charge is 0.381 e. The van der Waals surface area contributed by atoms with E-state index in [1.165, 1.54) is 4.68 Å². The Morgan fingerprint density at radius 3 is 2.95 bits per heavy atom. The second-order valence-electron chi connectivity index (χ2n) is 4.97. The Morgan fingerprint density at radius 2 is 2.25 bits per heavy atom. The van der Waals surface area contributed by atoms with Crippen LogP contribution >= 0.6 is 0 Å². The van der Waals surface area contributed by atoms with Crippen LogP contribution in [-0.2, 0) is 6.54 Å². The quantitative estimate of drug-likeness (QED) is 0.915. The van der Waals surface area contributed by atoms with Crippen molar-refractivity contribution in [1.82, 2.24) is 9.78 Å². The van der Waals surface area contributed by atoms with Crippen LogP contribution in [0.4, 0.5) is 5.69 Å². The first-order valence-electron chi connectivity index (χ1n) is 6.57. The number of anilines is 1. The van der Waals surface area contributed by atoms with Crippen molar-refractivity contribution in [2.75, 3.05) is 5.32 Å². The molecule has 1 saturated carbocycles. The van der Waals surface area contributed by atoms with E-state index in [2.05, 4.69) is 16.5 Å². The van der Waals surface area contributed by atoms with Crippen molar-refractivity contribution < 1.29 is 0 Å². The molecule has 20 heavy (non-hydrogen) atoms. The summed E-state index contributed by atoms with van der Waals surface area (Å²) in [7, 11) is 0. The lowest BCUT2D eigenvalue weighted by atomic mass is 10.1. The van der Waals surface area contributed by atoms with E-state index in [0.29, 0.717) is 18.2 Å². The lowest BCUT2D eigenvalue weighted by Crippen LogP contribution is -2.23. The molecule has 1 aliphatic rings. The number of hydrogen-bond donors (Lipinski definition) is 1. The normalized spacial score (nSPS) is 13.8. The van der Waals surface area contributed by atoms with Crippen molar-refractivity contribution in [2.45, 2.75) is 25.4 Å². The molecule has 1 aliphatic carbocycles. The van der Waals surface area contributed by atoms with E-state index in [1.807, 2.05) is 12.1 Å². The highest BCUT2D eigenvalue weighted by molar-refractivity contribution is 5.41. The molecule has 3 rings (SSSR count). The lowest BCUT2D eigenvalue weighted by Gasteiger charge is -2.07. The summed E-state index contributed by atoms with van der Waals surface area (Å²) >= 11 is 0. The molecule has 1 aromatic carbocycles. The van der Waals surface area contributed by atoms with Gasteiger partial charge in [-0.05, 0) is 30.5 Å². The van der Waals surface area contributed by atoms with Gasteiger partial charge in [-0.2, -0.15) is 10.4 Å². The van der Waals surface area contributed by atoms with E-state index in [-0.39, 0.29) is 5.56 Å². The second kappa shape index (κ2) is 5.17. The SMILES string of the molecule is N#Cc1cccc(Cn2ncc(NC3CC3)cc2=O)c1. The standard InChI is InChI=1S/C15H14N4O/c16-8-11-2-1-3-12(6-11)10-19-15(20)7-14(9-17-19)18-13-4-5-13/h1-3,6-7,9,13,18H,4-5,10H2. The van der Waals surface area contributed by atoms with Gasteiger partial charge in [0.05, 0.1) is 30.1 Å². The van der Waals surface area contributed by atoms with Gasteiger partial charge < -0.3 is 5.32 Å². The number of aromatic nitrogens is 2. The van der Waals surface area contributed by atoms with Gasteiger partial charge in [-0.1, -0.05) is 12.1 Å². The summed E-state index contributed by atoms with van der Waals surface area (Å²) in [6.07, 6.45) is 3.99. The Labute approximate surface area is 116 Å². The first-order valence-corrected chi connectivity index (χ1v) is 6.57. The monoisotopic (exact) mass is 266 g/mol. The average molecular weight is 266 g/mol. The molecule has 0 aliphatic heterocycles. The van der Waals surface area contributed by atoms with Gasteiger partial charge in [0.25, 0.3) is 5.56 Å². The van der Waals surface area contributed by atoms with Crippen LogP contribution in [0.5, 0.6) is 0 Å². The van der Waals surface area contributed by atoms with Gasteiger partial charge in [0.15, 0.2) is 0 Å².